The summed E-state index contributed by atoms with van der Waals surface area (Å²) in [6, 6.07) is 12.1. The zero-order valence-electron chi connectivity index (χ0n) is 14.3. The molecule has 0 saturated carbocycles. The van der Waals surface area contributed by atoms with E-state index in [2.05, 4.69) is 15.5 Å². The molecule has 7 nitrogen and oxygen atoms in total. The Morgan fingerprint density at radius 2 is 2.12 bits per heavy atom. The maximum Gasteiger partial charge on any atom is 0.272 e. The fourth-order valence-electron chi connectivity index (χ4n) is 3.08. The highest BCUT2D eigenvalue weighted by atomic mass is 16.5. The molecule has 26 heavy (non-hydrogen) atoms. The zero-order valence-corrected chi connectivity index (χ0v) is 14.3. The fourth-order valence-corrected chi connectivity index (χ4v) is 3.08. The maximum absolute atomic E-state index is 12.5. The van der Waals surface area contributed by atoms with Crippen molar-refractivity contribution in [3.63, 3.8) is 0 Å². The number of amides is 1. The van der Waals surface area contributed by atoms with Crippen molar-refractivity contribution in [2.75, 3.05) is 11.9 Å². The van der Waals surface area contributed by atoms with Gasteiger partial charge in [-0.25, -0.2) is 0 Å². The van der Waals surface area contributed by atoms with Crippen LogP contribution in [0.3, 0.4) is 0 Å². The van der Waals surface area contributed by atoms with E-state index in [0.717, 1.165) is 28.9 Å². The quantitative estimate of drug-likeness (QED) is 0.757. The number of hydrogen-bond donors (Lipinski definition) is 2. The number of fused-ring (bicyclic) bond motifs is 1. The molecule has 0 unspecified atom stereocenters. The van der Waals surface area contributed by atoms with Gasteiger partial charge in [-0.05, 0) is 18.2 Å². The second kappa shape index (κ2) is 6.61. The van der Waals surface area contributed by atoms with Gasteiger partial charge in [0, 0.05) is 42.0 Å². The van der Waals surface area contributed by atoms with Crippen LogP contribution in [0.4, 0.5) is 5.69 Å². The highest BCUT2D eigenvalue weighted by Gasteiger charge is 2.19. The van der Waals surface area contributed by atoms with E-state index in [1.165, 1.54) is 10.6 Å². The number of rotatable bonds is 3. The van der Waals surface area contributed by atoms with E-state index in [9.17, 15) is 9.59 Å². The highest BCUT2D eigenvalue weighted by Crippen LogP contribution is 2.28. The van der Waals surface area contributed by atoms with Gasteiger partial charge >= 0.3 is 0 Å². The van der Waals surface area contributed by atoms with Crippen LogP contribution in [0, 0.1) is 0 Å². The average Bonchev–Trinajstić information content (AvgIpc) is 3.08. The first kappa shape index (κ1) is 16.3. The zero-order chi connectivity index (χ0) is 18.1. The van der Waals surface area contributed by atoms with Gasteiger partial charge in [0.2, 0.25) is 0 Å². The molecule has 0 radical (unpaired) electrons. The van der Waals surface area contributed by atoms with Gasteiger partial charge in [-0.1, -0.05) is 18.2 Å². The first-order valence-corrected chi connectivity index (χ1v) is 8.35. The summed E-state index contributed by atoms with van der Waals surface area (Å²) in [7, 11) is 1.57. The maximum atomic E-state index is 12.5. The minimum Gasteiger partial charge on any atom is -0.376 e. The highest BCUT2D eigenvalue weighted by molar-refractivity contribution is 6.03. The smallest absolute Gasteiger partial charge is 0.272 e. The van der Waals surface area contributed by atoms with Gasteiger partial charge in [0.1, 0.15) is 5.69 Å². The summed E-state index contributed by atoms with van der Waals surface area (Å²) in [5.41, 5.74) is 4.60. The second-order valence-electron chi connectivity index (χ2n) is 6.18. The van der Waals surface area contributed by atoms with E-state index in [4.69, 9.17) is 4.74 Å². The molecule has 1 aromatic carbocycles. The molecule has 0 fully saturated rings. The Balaban J connectivity index is 1.62. The molecule has 2 aromatic heterocycles. The standard InChI is InChI=1S/C19H18N4O3/c1-23-16(6-3-7-17(23)24)19(25)20-13-5-2-4-12(10-13)18-14-11-26-9-8-15(14)21-22-18/h2-7,10H,8-9,11H2,1H3,(H,20,25)(H,21,22). The van der Waals surface area contributed by atoms with E-state index in [1.54, 1.807) is 25.2 Å². The van der Waals surface area contributed by atoms with Crippen molar-refractivity contribution in [1.82, 2.24) is 14.8 Å². The lowest BCUT2D eigenvalue weighted by molar-refractivity contribution is 0.101. The first-order chi connectivity index (χ1) is 12.6. The van der Waals surface area contributed by atoms with E-state index in [0.29, 0.717) is 24.6 Å². The molecule has 0 spiro atoms. The summed E-state index contributed by atoms with van der Waals surface area (Å²) < 4.78 is 6.85. The van der Waals surface area contributed by atoms with Crippen LogP contribution in [-0.2, 0) is 24.8 Å². The number of nitrogens with one attached hydrogen (secondary N) is 2. The third-order valence-electron chi connectivity index (χ3n) is 4.51. The van der Waals surface area contributed by atoms with Gasteiger partial charge in [-0.3, -0.25) is 14.7 Å². The van der Waals surface area contributed by atoms with Crippen molar-refractivity contribution in [1.29, 1.82) is 0 Å². The van der Waals surface area contributed by atoms with Crippen molar-refractivity contribution in [3.05, 3.63) is 69.8 Å². The third-order valence-corrected chi connectivity index (χ3v) is 4.51. The number of anilines is 1. The number of H-pyrrole nitrogens is 1. The minimum atomic E-state index is -0.338. The van der Waals surface area contributed by atoms with Crippen LogP contribution in [0.1, 0.15) is 21.7 Å². The number of nitrogens with zero attached hydrogens (tertiary/aromatic N) is 2. The molecule has 0 bridgehead atoms. The third kappa shape index (κ3) is 2.93. The number of ether oxygens (including phenoxy) is 1. The van der Waals surface area contributed by atoms with Crippen LogP contribution < -0.4 is 10.9 Å². The van der Waals surface area contributed by atoms with E-state index >= 15 is 0 Å². The lowest BCUT2D eigenvalue weighted by Gasteiger charge is -2.13. The number of benzene rings is 1. The lowest BCUT2D eigenvalue weighted by atomic mass is 10.0. The van der Waals surface area contributed by atoms with E-state index in [-0.39, 0.29) is 11.5 Å². The normalized spacial score (nSPS) is 13.3. The number of aromatic amines is 1. The van der Waals surface area contributed by atoms with Gasteiger partial charge in [-0.15, -0.1) is 0 Å². The Labute approximate surface area is 149 Å². The molecule has 0 aliphatic carbocycles. The summed E-state index contributed by atoms with van der Waals surface area (Å²) >= 11 is 0. The monoisotopic (exact) mass is 350 g/mol. The molecule has 132 valence electrons. The molecular formula is C19H18N4O3. The van der Waals surface area contributed by atoms with Crippen molar-refractivity contribution >= 4 is 11.6 Å². The summed E-state index contributed by atoms with van der Waals surface area (Å²) in [6.07, 6.45) is 0.820. The Kier molecular flexibility index (Phi) is 4.14. The molecule has 1 amide bonds. The van der Waals surface area contributed by atoms with Crippen molar-refractivity contribution in [2.24, 2.45) is 7.05 Å². The number of carbonyl (C=O) groups excluding carboxylic acids is 1. The predicted octanol–water partition coefficient (Wildman–Crippen LogP) is 2.10. The van der Waals surface area contributed by atoms with Crippen LogP contribution in [0.15, 0.2) is 47.3 Å². The fraction of sp³-hybridized carbons (Fsp3) is 0.211. The molecular weight excluding hydrogens is 332 g/mol. The summed E-state index contributed by atoms with van der Waals surface area (Å²) in [4.78, 5) is 24.2. The van der Waals surface area contributed by atoms with Gasteiger partial charge < -0.3 is 14.6 Å². The molecule has 3 heterocycles. The van der Waals surface area contributed by atoms with Gasteiger partial charge in [0.05, 0.1) is 18.9 Å². The molecule has 1 aliphatic heterocycles. The van der Waals surface area contributed by atoms with E-state index in [1.807, 2.05) is 18.2 Å². The Hall–Kier alpha value is -3.19. The summed E-state index contributed by atoms with van der Waals surface area (Å²) in [5, 5.41) is 10.3. The molecule has 4 rings (SSSR count). The van der Waals surface area contributed by atoms with Gasteiger partial charge in [0.25, 0.3) is 11.5 Å². The number of hydrogen-bond acceptors (Lipinski definition) is 4. The molecule has 0 saturated heterocycles. The number of carbonyl (C=O) groups is 1. The SMILES string of the molecule is Cn1c(C(=O)Nc2cccc(-c3n[nH]c4c3COCC4)c2)cccc1=O. The Morgan fingerprint density at radius 1 is 1.27 bits per heavy atom. The average molecular weight is 350 g/mol. The predicted molar refractivity (Wildman–Crippen MR) is 97.0 cm³/mol. The van der Waals surface area contributed by atoms with Crippen LogP contribution in [0.2, 0.25) is 0 Å². The Bertz CT molecular complexity index is 1040. The van der Waals surface area contributed by atoms with Crippen LogP contribution in [0.5, 0.6) is 0 Å². The number of aromatic nitrogens is 3. The minimum absolute atomic E-state index is 0.227. The largest absolute Gasteiger partial charge is 0.376 e. The van der Waals surface area contributed by atoms with Crippen molar-refractivity contribution < 1.29 is 9.53 Å². The summed E-state index contributed by atoms with van der Waals surface area (Å²) in [5.74, 6) is -0.338. The second-order valence-corrected chi connectivity index (χ2v) is 6.18. The molecule has 1 aliphatic rings. The molecule has 2 N–H and O–H groups in total. The Morgan fingerprint density at radius 3 is 3.00 bits per heavy atom. The first-order valence-electron chi connectivity index (χ1n) is 8.35. The van der Waals surface area contributed by atoms with Gasteiger partial charge in [0.15, 0.2) is 0 Å². The van der Waals surface area contributed by atoms with Crippen LogP contribution in [-0.4, -0.2) is 27.3 Å². The molecule has 7 heteroatoms. The topological polar surface area (TPSA) is 89.0 Å². The van der Waals surface area contributed by atoms with E-state index < -0.39 is 0 Å². The molecule has 3 aromatic rings. The summed E-state index contributed by atoms with van der Waals surface area (Å²) in [6.45, 7) is 1.23. The lowest BCUT2D eigenvalue weighted by Crippen LogP contribution is -2.25. The van der Waals surface area contributed by atoms with Crippen LogP contribution in [0.25, 0.3) is 11.3 Å². The van der Waals surface area contributed by atoms with Gasteiger partial charge in [-0.2, -0.15) is 5.10 Å². The molecule has 0 atom stereocenters. The van der Waals surface area contributed by atoms with Crippen molar-refractivity contribution in [3.8, 4) is 11.3 Å². The van der Waals surface area contributed by atoms with Crippen molar-refractivity contribution in [2.45, 2.75) is 13.0 Å². The van der Waals surface area contributed by atoms with Crippen LogP contribution >= 0.6 is 0 Å². The number of pyridine rings is 1.